The summed E-state index contributed by atoms with van der Waals surface area (Å²) in [6, 6.07) is 17.0. The number of nitrogens with one attached hydrogen (secondary N) is 3. The molecule has 0 saturated heterocycles. The van der Waals surface area contributed by atoms with Crippen molar-refractivity contribution in [2.45, 2.75) is 58.8 Å². The Kier molecular flexibility index (Phi) is 7.77. The molecule has 0 aliphatic heterocycles. The Bertz CT molecular complexity index is 1170. The van der Waals surface area contributed by atoms with Crippen LogP contribution in [0.15, 0.2) is 60.8 Å². The molecule has 0 radical (unpaired) electrons. The number of hydrogen-bond acceptors (Lipinski definition) is 5. The van der Waals surface area contributed by atoms with E-state index in [1.165, 1.54) is 0 Å². The van der Waals surface area contributed by atoms with Gasteiger partial charge in [-0.3, -0.25) is 14.6 Å². The third kappa shape index (κ3) is 7.13. The molecule has 1 aliphatic rings. The van der Waals surface area contributed by atoms with Crippen molar-refractivity contribution >= 4 is 17.5 Å². The van der Waals surface area contributed by atoms with E-state index in [2.05, 4.69) is 34.8 Å². The van der Waals surface area contributed by atoms with E-state index in [0.717, 1.165) is 36.2 Å². The molecule has 35 heavy (non-hydrogen) atoms. The maximum Gasteiger partial charge on any atom is 0.255 e. The van der Waals surface area contributed by atoms with Gasteiger partial charge in [0.25, 0.3) is 11.8 Å². The van der Waals surface area contributed by atoms with Crippen LogP contribution in [0.4, 0.5) is 5.69 Å². The van der Waals surface area contributed by atoms with Gasteiger partial charge in [-0.25, -0.2) is 0 Å². The quantitative estimate of drug-likeness (QED) is 0.401. The van der Waals surface area contributed by atoms with Crippen LogP contribution in [0.3, 0.4) is 0 Å². The van der Waals surface area contributed by atoms with E-state index < -0.39 is 0 Å². The molecule has 1 aromatic heterocycles. The summed E-state index contributed by atoms with van der Waals surface area (Å²) in [4.78, 5) is 29.6. The van der Waals surface area contributed by atoms with Gasteiger partial charge in [0.2, 0.25) is 0 Å². The van der Waals surface area contributed by atoms with Crippen molar-refractivity contribution in [2.75, 3.05) is 5.32 Å². The standard InChI is InChI=1S/C28H32N4O3/c1-18(2)29-15-20-5-9-24(30-16-20)17-35-25-12-7-21(8-13-25)27(33)32-26-14-22(6-4-19(26)3)28(34)31-23-10-11-23/h4-9,12-14,16,18,23,29H,10-11,15,17H2,1-3H3,(H,31,34)(H,32,33). The molecule has 1 fully saturated rings. The molecule has 1 aliphatic carbocycles. The van der Waals surface area contributed by atoms with Gasteiger partial charge in [0.05, 0.1) is 5.69 Å². The highest BCUT2D eigenvalue weighted by molar-refractivity contribution is 6.05. The number of rotatable bonds is 10. The van der Waals surface area contributed by atoms with Crippen LogP contribution in [0.5, 0.6) is 5.75 Å². The zero-order valence-electron chi connectivity index (χ0n) is 20.4. The van der Waals surface area contributed by atoms with E-state index >= 15 is 0 Å². The first-order valence-electron chi connectivity index (χ1n) is 12.0. The smallest absolute Gasteiger partial charge is 0.255 e. The molecular weight excluding hydrogens is 440 g/mol. The second kappa shape index (κ2) is 11.1. The fraction of sp³-hybridized carbons (Fsp3) is 0.321. The zero-order chi connectivity index (χ0) is 24.8. The van der Waals surface area contributed by atoms with E-state index in [-0.39, 0.29) is 17.9 Å². The van der Waals surface area contributed by atoms with Crippen LogP contribution in [0, 0.1) is 6.92 Å². The molecule has 0 spiro atoms. The van der Waals surface area contributed by atoms with Crippen LogP contribution < -0.4 is 20.7 Å². The summed E-state index contributed by atoms with van der Waals surface area (Å²) in [5, 5.41) is 9.25. The van der Waals surface area contributed by atoms with E-state index in [1.807, 2.05) is 31.3 Å². The van der Waals surface area contributed by atoms with Crippen molar-refractivity contribution in [3.8, 4) is 5.75 Å². The minimum absolute atomic E-state index is 0.110. The molecule has 1 saturated carbocycles. The first-order chi connectivity index (χ1) is 16.9. The van der Waals surface area contributed by atoms with Crippen molar-refractivity contribution in [3.05, 3.63) is 88.7 Å². The lowest BCUT2D eigenvalue weighted by molar-refractivity contribution is 0.0949. The summed E-state index contributed by atoms with van der Waals surface area (Å²) in [5.74, 6) is 0.302. The molecule has 182 valence electrons. The van der Waals surface area contributed by atoms with Crippen LogP contribution >= 0.6 is 0 Å². The number of ether oxygens (including phenoxy) is 1. The predicted octanol–water partition coefficient (Wildman–Crippen LogP) is 4.61. The second-order valence-corrected chi connectivity index (χ2v) is 9.24. The number of aryl methyl sites for hydroxylation is 1. The van der Waals surface area contributed by atoms with Crippen molar-refractivity contribution in [1.82, 2.24) is 15.6 Å². The number of nitrogens with zero attached hydrogens (tertiary/aromatic N) is 1. The van der Waals surface area contributed by atoms with E-state index in [0.29, 0.717) is 35.2 Å². The van der Waals surface area contributed by atoms with Gasteiger partial charge < -0.3 is 20.7 Å². The van der Waals surface area contributed by atoms with Gasteiger partial charge >= 0.3 is 0 Å². The number of pyridine rings is 1. The molecule has 0 atom stereocenters. The molecule has 7 nitrogen and oxygen atoms in total. The van der Waals surface area contributed by atoms with Gasteiger partial charge in [0, 0.05) is 41.6 Å². The van der Waals surface area contributed by atoms with Gasteiger partial charge in [-0.1, -0.05) is 26.0 Å². The lowest BCUT2D eigenvalue weighted by atomic mass is 10.1. The van der Waals surface area contributed by atoms with Crippen LogP contribution in [0.25, 0.3) is 0 Å². The van der Waals surface area contributed by atoms with Crippen LogP contribution in [0.1, 0.15) is 64.2 Å². The number of anilines is 1. The van der Waals surface area contributed by atoms with Gasteiger partial charge in [-0.2, -0.15) is 0 Å². The highest BCUT2D eigenvalue weighted by Crippen LogP contribution is 2.22. The summed E-state index contributed by atoms with van der Waals surface area (Å²) in [7, 11) is 0. The minimum Gasteiger partial charge on any atom is -0.487 e. The number of amides is 2. The maximum atomic E-state index is 12.8. The molecule has 3 N–H and O–H groups in total. The Morgan fingerprint density at radius 2 is 1.74 bits per heavy atom. The topological polar surface area (TPSA) is 92.4 Å². The first kappa shape index (κ1) is 24.4. The largest absolute Gasteiger partial charge is 0.487 e. The normalized spacial score (nSPS) is 12.9. The zero-order valence-corrected chi connectivity index (χ0v) is 20.4. The van der Waals surface area contributed by atoms with Crippen molar-refractivity contribution in [2.24, 2.45) is 0 Å². The average molecular weight is 473 g/mol. The lowest BCUT2D eigenvalue weighted by Crippen LogP contribution is -2.25. The summed E-state index contributed by atoms with van der Waals surface area (Å²) in [5.41, 5.74) is 4.52. The van der Waals surface area contributed by atoms with Crippen LogP contribution in [-0.4, -0.2) is 28.9 Å². The fourth-order valence-corrected chi connectivity index (χ4v) is 3.42. The molecular formula is C28H32N4O3. The third-order valence-electron chi connectivity index (χ3n) is 5.76. The van der Waals surface area contributed by atoms with Crippen molar-refractivity contribution in [1.29, 1.82) is 0 Å². The summed E-state index contributed by atoms with van der Waals surface area (Å²) < 4.78 is 5.83. The molecule has 2 amide bonds. The van der Waals surface area contributed by atoms with Crippen molar-refractivity contribution < 1.29 is 14.3 Å². The molecule has 3 aromatic rings. The number of carbonyl (C=O) groups is 2. The number of aromatic nitrogens is 1. The Morgan fingerprint density at radius 3 is 2.40 bits per heavy atom. The summed E-state index contributed by atoms with van der Waals surface area (Å²) in [6.45, 7) is 7.25. The molecule has 2 aromatic carbocycles. The predicted molar refractivity (Wildman–Crippen MR) is 137 cm³/mol. The molecule has 0 unspecified atom stereocenters. The van der Waals surface area contributed by atoms with E-state index in [9.17, 15) is 9.59 Å². The van der Waals surface area contributed by atoms with E-state index in [4.69, 9.17) is 4.74 Å². The fourth-order valence-electron chi connectivity index (χ4n) is 3.42. The highest BCUT2D eigenvalue weighted by atomic mass is 16.5. The Hall–Kier alpha value is -3.71. The average Bonchev–Trinajstić information content (AvgIpc) is 3.67. The van der Waals surface area contributed by atoms with Crippen molar-refractivity contribution in [3.63, 3.8) is 0 Å². The van der Waals surface area contributed by atoms with Gasteiger partial charge in [0.1, 0.15) is 12.4 Å². The summed E-state index contributed by atoms with van der Waals surface area (Å²) in [6.07, 6.45) is 3.91. The maximum absolute atomic E-state index is 12.8. The van der Waals surface area contributed by atoms with Crippen LogP contribution in [-0.2, 0) is 13.2 Å². The number of carbonyl (C=O) groups excluding carboxylic acids is 2. The first-order valence-corrected chi connectivity index (χ1v) is 12.0. The monoisotopic (exact) mass is 472 g/mol. The SMILES string of the molecule is Cc1ccc(C(=O)NC2CC2)cc1NC(=O)c1ccc(OCc2ccc(CNC(C)C)cn2)cc1. The molecule has 4 rings (SSSR count). The molecule has 0 bridgehead atoms. The lowest BCUT2D eigenvalue weighted by Gasteiger charge is -2.12. The minimum atomic E-state index is -0.244. The Morgan fingerprint density at radius 1 is 1.00 bits per heavy atom. The number of hydrogen-bond donors (Lipinski definition) is 3. The number of benzene rings is 2. The molecule has 1 heterocycles. The van der Waals surface area contributed by atoms with Gasteiger partial charge in [0.15, 0.2) is 0 Å². The van der Waals surface area contributed by atoms with Gasteiger partial charge in [-0.05, 0) is 73.4 Å². The van der Waals surface area contributed by atoms with Gasteiger partial charge in [-0.15, -0.1) is 0 Å². The van der Waals surface area contributed by atoms with E-state index in [1.54, 1.807) is 36.4 Å². The Labute approximate surface area is 206 Å². The Balaban J connectivity index is 1.31. The third-order valence-corrected chi connectivity index (χ3v) is 5.76. The second-order valence-electron chi connectivity index (χ2n) is 9.24. The molecule has 7 heteroatoms. The van der Waals surface area contributed by atoms with Crippen LogP contribution in [0.2, 0.25) is 0 Å². The summed E-state index contributed by atoms with van der Waals surface area (Å²) >= 11 is 0. The highest BCUT2D eigenvalue weighted by Gasteiger charge is 2.24.